The van der Waals surface area contributed by atoms with Gasteiger partial charge < -0.3 is 10.6 Å². The van der Waals surface area contributed by atoms with E-state index < -0.39 is 12.1 Å². The second kappa shape index (κ2) is 6.36. The number of benzene rings is 1. The third-order valence-electron chi connectivity index (χ3n) is 4.18. The predicted molar refractivity (Wildman–Crippen MR) is 78.1 cm³/mol. The van der Waals surface area contributed by atoms with Crippen molar-refractivity contribution in [2.45, 2.75) is 38.9 Å². The fourth-order valence-corrected chi connectivity index (χ4v) is 3.05. The molecule has 0 aliphatic carbocycles. The summed E-state index contributed by atoms with van der Waals surface area (Å²) < 4.78 is 37.9. The average molecular weight is 300 g/mol. The van der Waals surface area contributed by atoms with Crippen molar-refractivity contribution in [3.8, 4) is 0 Å². The summed E-state index contributed by atoms with van der Waals surface area (Å²) in [5.74, 6) is -1.15. The molecule has 0 aromatic heterocycles. The zero-order chi connectivity index (χ0) is 15.6. The number of rotatable bonds is 3. The van der Waals surface area contributed by atoms with E-state index in [1.54, 1.807) is 0 Å². The van der Waals surface area contributed by atoms with Gasteiger partial charge in [0.15, 0.2) is 0 Å². The molecule has 0 bridgehead atoms. The van der Waals surface area contributed by atoms with Crippen LogP contribution in [0.4, 0.5) is 13.2 Å². The maximum absolute atomic E-state index is 12.6. The molecule has 1 aliphatic rings. The average Bonchev–Trinajstić information content (AvgIpc) is 2.37. The van der Waals surface area contributed by atoms with E-state index in [1.165, 1.54) is 0 Å². The lowest BCUT2D eigenvalue weighted by Gasteiger charge is -2.34. The number of nitrogens with zero attached hydrogens (tertiary/aromatic N) is 1. The summed E-state index contributed by atoms with van der Waals surface area (Å²) in [6, 6.07) is 6.05. The zero-order valence-electron chi connectivity index (χ0n) is 12.6. The second-order valence-corrected chi connectivity index (χ2v) is 6.14. The van der Waals surface area contributed by atoms with Gasteiger partial charge in [-0.2, -0.15) is 13.2 Å². The van der Waals surface area contributed by atoms with Gasteiger partial charge in [0, 0.05) is 12.6 Å². The Bertz CT molecular complexity index is 457. The van der Waals surface area contributed by atoms with Crippen molar-refractivity contribution in [2.24, 2.45) is 11.7 Å². The highest BCUT2D eigenvalue weighted by molar-refractivity contribution is 5.30. The molecule has 0 amide bonds. The van der Waals surface area contributed by atoms with Crippen molar-refractivity contribution in [3.05, 3.63) is 34.9 Å². The van der Waals surface area contributed by atoms with E-state index in [-0.39, 0.29) is 18.9 Å². The largest absolute Gasteiger partial charge is 0.391 e. The van der Waals surface area contributed by atoms with Gasteiger partial charge in [-0.3, -0.25) is 0 Å². The van der Waals surface area contributed by atoms with Crippen LogP contribution >= 0.6 is 0 Å². The smallest absolute Gasteiger partial charge is 0.323 e. The molecule has 5 heteroatoms. The predicted octanol–water partition coefficient (Wildman–Crippen LogP) is 3.58. The van der Waals surface area contributed by atoms with Gasteiger partial charge in [-0.05, 0) is 45.3 Å². The van der Waals surface area contributed by atoms with Crippen molar-refractivity contribution in [1.29, 1.82) is 0 Å². The van der Waals surface area contributed by atoms with Crippen LogP contribution in [0.15, 0.2) is 18.2 Å². The van der Waals surface area contributed by atoms with Crippen molar-refractivity contribution in [1.82, 2.24) is 4.90 Å². The van der Waals surface area contributed by atoms with Crippen LogP contribution in [0.5, 0.6) is 0 Å². The Morgan fingerprint density at radius 3 is 2.14 bits per heavy atom. The monoisotopic (exact) mass is 300 g/mol. The van der Waals surface area contributed by atoms with E-state index in [4.69, 9.17) is 5.73 Å². The van der Waals surface area contributed by atoms with Gasteiger partial charge in [-0.1, -0.05) is 29.3 Å². The molecule has 118 valence electrons. The topological polar surface area (TPSA) is 29.3 Å². The lowest BCUT2D eigenvalue weighted by atomic mass is 9.95. The summed E-state index contributed by atoms with van der Waals surface area (Å²) >= 11 is 0. The van der Waals surface area contributed by atoms with Gasteiger partial charge in [0.05, 0.1) is 5.92 Å². The van der Waals surface area contributed by atoms with Crippen molar-refractivity contribution < 1.29 is 13.2 Å². The molecular weight excluding hydrogens is 277 g/mol. The molecule has 1 atom stereocenters. The van der Waals surface area contributed by atoms with Crippen LogP contribution in [0.1, 0.15) is 35.6 Å². The Kier molecular flexibility index (Phi) is 4.94. The number of hydrogen-bond donors (Lipinski definition) is 1. The molecule has 1 heterocycles. The number of piperidine rings is 1. The van der Waals surface area contributed by atoms with E-state index >= 15 is 0 Å². The molecule has 1 saturated heterocycles. The Hall–Kier alpha value is -1.07. The number of alkyl halides is 3. The van der Waals surface area contributed by atoms with Gasteiger partial charge >= 0.3 is 6.18 Å². The summed E-state index contributed by atoms with van der Waals surface area (Å²) in [6.45, 7) is 5.62. The maximum atomic E-state index is 12.6. The Labute approximate surface area is 124 Å². The Morgan fingerprint density at radius 2 is 1.67 bits per heavy atom. The van der Waals surface area contributed by atoms with Gasteiger partial charge in [-0.15, -0.1) is 0 Å². The standard InChI is InChI=1S/C16H23F3N2/c1-11-7-12(2)9-13(8-11)15(20)10-21-5-3-14(4-6-21)16(17,18)19/h7-9,14-15H,3-6,10,20H2,1-2H3. The lowest BCUT2D eigenvalue weighted by Crippen LogP contribution is -2.41. The molecule has 1 aliphatic heterocycles. The second-order valence-electron chi connectivity index (χ2n) is 6.14. The van der Waals surface area contributed by atoms with Crippen LogP contribution in [0.3, 0.4) is 0 Å². The molecule has 2 nitrogen and oxygen atoms in total. The fraction of sp³-hybridized carbons (Fsp3) is 0.625. The van der Waals surface area contributed by atoms with Gasteiger partial charge in [0.25, 0.3) is 0 Å². The van der Waals surface area contributed by atoms with E-state index in [0.717, 1.165) is 16.7 Å². The molecule has 0 saturated carbocycles. The summed E-state index contributed by atoms with van der Waals surface area (Å²) in [5.41, 5.74) is 9.61. The normalized spacial score (nSPS) is 19.7. The molecule has 0 spiro atoms. The summed E-state index contributed by atoms with van der Waals surface area (Å²) in [4.78, 5) is 2.05. The first-order chi connectivity index (χ1) is 9.75. The van der Waals surface area contributed by atoms with Crippen LogP contribution in [0.25, 0.3) is 0 Å². The minimum Gasteiger partial charge on any atom is -0.323 e. The molecular formula is C16H23F3N2. The van der Waals surface area contributed by atoms with Crippen LogP contribution in [0.2, 0.25) is 0 Å². The first-order valence-corrected chi connectivity index (χ1v) is 7.38. The highest BCUT2D eigenvalue weighted by Gasteiger charge is 2.41. The van der Waals surface area contributed by atoms with Crippen LogP contribution in [0, 0.1) is 19.8 Å². The van der Waals surface area contributed by atoms with Gasteiger partial charge in [-0.25, -0.2) is 0 Å². The highest BCUT2D eigenvalue weighted by atomic mass is 19.4. The van der Waals surface area contributed by atoms with Crippen LogP contribution in [-0.2, 0) is 0 Å². The number of hydrogen-bond acceptors (Lipinski definition) is 2. The number of halogens is 3. The summed E-state index contributed by atoms with van der Waals surface area (Å²) in [5, 5.41) is 0. The number of nitrogens with two attached hydrogens (primary N) is 1. The van der Waals surface area contributed by atoms with E-state index in [0.29, 0.717) is 19.6 Å². The van der Waals surface area contributed by atoms with Crippen molar-refractivity contribution in [2.75, 3.05) is 19.6 Å². The van der Waals surface area contributed by atoms with Crippen LogP contribution < -0.4 is 5.73 Å². The molecule has 1 aromatic carbocycles. The molecule has 1 aromatic rings. The van der Waals surface area contributed by atoms with Gasteiger partial charge in [0.1, 0.15) is 0 Å². The highest BCUT2D eigenvalue weighted by Crippen LogP contribution is 2.34. The minimum atomic E-state index is -4.05. The fourth-order valence-electron chi connectivity index (χ4n) is 3.05. The number of likely N-dealkylation sites (tertiary alicyclic amines) is 1. The maximum Gasteiger partial charge on any atom is 0.391 e. The SMILES string of the molecule is Cc1cc(C)cc(C(N)CN2CCC(C(F)(F)F)CC2)c1. The Balaban J connectivity index is 1.91. The summed E-state index contributed by atoms with van der Waals surface area (Å²) in [7, 11) is 0. The van der Waals surface area contributed by atoms with E-state index in [2.05, 4.69) is 18.2 Å². The van der Waals surface area contributed by atoms with Gasteiger partial charge in [0.2, 0.25) is 0 Å². The lowest BCUT2D eigenvalue weighted by molar-refractivity contribution is -0.185. The molecule has 1 fully saturated rings. The molecule has 21 heavy (non-hydrogen) atoms. The molecule has 2 rings (SSSR count). The number of aryl methyl sites for hydroxylation is 2. The third-order valence-corrected chi connectivity index (χ3v) is 4.18. The quantitative estimate of drug-likeness (QED) is 0.924. The molecule has 0 radical (unpaired) electrons. The van der Waals surface area contributed by atoms with Crippen LogP contribution in [-0.4, -0.2) is 30.7 Å². The Morgan fingerprint density at radius 1 is 1.14 bits per heavy atom. The van der Waals surface area contributed by atoms with Crippen molar-refractivity contribution in [3.63, 3.8) is 0 Å². The van der Waals surface area contributed by atoms with Crippen molar-refractivity contribution >= 4 is 0 Å². The first kappa shape index (κ1) is 16.3. The summed E-state index contributed by atoms with van der Waals surface area (Å²) in [6.07, 6.45) is -3.69. The van der Waals surface area contributed by atoms with E-state index in [1.807, 2.05) is 18.7 Å². The minimum absolute atomic E-state index is 0.147. The molecule has 1 unspecified atom stereocenters. The third kappa shape index (κ3) is 4.45. The zero-order valence-corrected chi connectivity index (χ0v) is 12.6. The first-order valence-electron chi connectivity index (χ1n) is 7.38. The van der Waals surface area contributed by atoms with E-state index in [9.17, 15) is 13.2 Å². The molecule has 2 N–H and O–H groups in total.